The molecule has 0 radical (unpaired) electrons. The molecule has 1 aliphatic rings. The molecule has 0 aliphatic carbocycles. The predicted octanol–water partition coefficient (Wildman–Crippen LogP) is 7.34. The van der Waals surface area contributed by atoms with E-state index in [0.717, 1.165) is 5.56 Å². The average Bonchev–Trinajstić information content (AvgIpc) is 2.91. The van der Waals surface area contributed by atoms with Gasteiger partial charge in [-0.1, -0.05) is 59.2 Å². The zero-order valence-electron chi connectivity index (χ0n) is 22.8. The molecule has 2 amide bonds. The van der Waals surface area contributed by atoms with Crippen LogP contribution in [-0.2, 0) is 10.5 Å². The van der Waals surface area contributed by atoms with Crippen molar-refractivity contribution >= 4 is 52.7 Å². The van der Waals surface area contributed by atoms with E-state index < -0.39 is 29.2 Å². The standard InChI is InChI=1S/C30H26Cl2N4O5S/c1-30(2,3)41-29(39)34-19-8-4-16(5-9-19)15-42-28-33-14-22(27(38)36-28)26(37)35-25-20-10-6-17(31)12-23(20)40-24-13-18(32)7-11-21(24)25/h4-14,25H,15H2,1-3H3,(H,34,39)(H,35,37)(H,33,36,38). The van der Waals surface area contributed by atoms with Crippen LogP contribution in [0.2, 0.25) is 10.0 Å². The Morgan fingerprint density at radius 3 is 2.19 bits per heavy atom. The first-order valence-electron chi connectivity index (χ1n) is 12.8. The number of hydrogen-bond acceptors (Lipinski definition) is 7. The van der Waals surface area contributed by atoms with Gasteiger partial charge in [-0.25, -0.2) is 9.78 Å². The molecule has 4 aromatic rings. The molecule has 0 spiro atoms. The first kappa shape index (κ1) is 29.5. The summed E-state index contributed by atoms with van der Waals surface area (Å²) in [6, 6.07) is 16.9. The van der Waals surface area contributed by atoms with Crippen LogP contribution in [0.4, 0.5) is 10.5 Å². The molecule has 0 saturated heterocycles. The summed E-state index contributed by atoms with van der Waals surface area (Å²) in [6.45, 7) is 5.38. The fourth-order valence-electron chi connectivity index (χ4n) is 4.19. The summed E-state index contributed by atoms with van der Waals surface area (Å²) in [5, 5.41) is 6.93. The van der Waals surface area contributed by atoms with E-state index in [1.807, 2.05) is 12.1 Å². The van der Waals surface area contributed by atoms with Crippen LogP contribution >= 0.6 is 35.0 Å². The van der Waals surface area contributed by atoms with Crippen LogP contribution in [0.5, 0.6) is 11.5 Å². The molecule has 216 valence electrons. The highest BCUT2D eigenvalue weighted by molar-refractivity contribution is 7.98. The Morgan fingerprint density at radius 2 is 1.62 bits per heavy atom. The quantitative estimate of drug-likeness (QED) is 0.151. The van der Waals surface area contributed by atoms with E-state index in [-0.39, 0.29) is 5.56 Å². The highest BCUT2D eigenvalue weighted by Gasteiger charge is 2.30. The number of nitrogens with one attached hydrogen (secondary N) is 3. The monoisotopic (exact) mass is 624 g/mol. The number of nitrogens with zero attached hydrogens (tertiary/aromatic N) is 1. The van der Waals surface area contributed by atoms with Crippen LogP contribution in [0.15, 0.2) is 76.8 Å². The number of benzene rings is 3. The normalized spacial score (nSPS) is 12.5. The van der Waals surface area contributed by atoms with Crippen LogP contribution in [0.3, 0.4) is 0 Å². The smallest absolute Gasteiger partial charge is 0.412 e. The Bertz CT molecular complexity index is 1670. The molecule has 3 N–H and O–H groups in total. The molecule has 9 nitrogen and oxygen atoms in total. The van der Waals surface area contributed by atoms with Gasteiger partial charge in [0.25, 0.3) is 11.5 Å². The van der Waals surface area contributed by atoms with Crippen molar-refractivity contribution < 1.29 is 19.1 Å². The number of halogens is 2. The molecule has 3 aromatic carbocycles. The van der Waals surface area contributed by atoms with Crippen molar-refractivity contribution in [2.24, 2.45) is 0 Å². The van der Waals surface area contributed by atoms with E-state index in [1.54, 1.807) is 69.3 Å². The van der Waals surface area contributed by atoms with Gasteiger partial charge in [-0.15, -0.1) is 0 Å². The SMILES string of the molecule is CC(C)(C)OC(=O)Nc1ccc(CSc2ncc(C(=O)NC3c4ccc(Cl)cc4Oc4cc(Cl)ccc43)c(=O)[nH]2)cc1. The lowest BCUT2D eigenvalue weighted by atomic mass is 9.94. The van der Waals surface area contributed by atoms with Crippen molar-refractivity contribution in [1.82, 2.24) is 15.3 Å². The van der Waals surface area contributed by atoms with Gasteiger partial charge in [0, 0.05) is 38.8 Å². The molecule has 42 heavy (non-hydrogen) atoms. The maximum absolute atomic E-state index is 13.3. The fraction of sp³-hybridized carbons (Fsp3) is 0.200. The maximum atomic E-state index is 13.3. The fourth-order valence-corrected chi connectivity index (χ4v) is 5.30. The Kier molecular flexibility index (Phi) is 8.49. The van der Waals surface area contributed by atoms with E-state index in [1.165, 1.54) is 18.0 Å². The first-order valence-corrected chi connectivity index (χ1v) is 14.6. The molecule has 1 aliphatic heterocycles. The predicted molar refractivity (Wildman–Crippen MR) is 163 cm³/mol. The van der Waals surface area contributed by atoms with Gasteiger partial charge in [-0.3, -0.25) is 14.9 Å². The van der Waals surface area contributed by atoms with Gasteiger partial charge in [0.15, 0.2) is 5.16 Å². The lowest BCUT2D eigenvalue weighted by molar-refractivity contribution is 0.0635. The van der Waals surface area contributed by atoms with Gasteiger partial charge >= 0.3 is 6.09 Å². The number of ether oxygens (including phenoxy) is 2. The largest absolute Gasteiger partial charge is 0.456 e. The molecule has 5 rings (SSSR count). The Balaban J connectivity index is 1.25. The van der Waals surface area contributed by atoms with Crippen molar-refractivity contribution in [3.05, 3.63) is 110 Å². The lowest BCUT2D eigenvalue weighted by Crippen LogP contribution is -2.34. The van der Waals surface area contributed by atoms with Gasteiger partial charge in [-0.2, -0.15) is 0 Å². The summed E-state index contributed by atoms with van der Waals surface area (Å²) >= 11 is 13.6. The Hall–Kier alpha value is -3.99. The summed E-state index contributed by atoms with van der Waals surface area (Å²) in [5.74, 6) is 0.870. The Labute approximate surface area is 255 Å². The summed E-state index contributed by atoms with van der Waals surface area (Å²) in [6.07, 6.45) is 0.726. The molecule has 0 saturated carbocycles. The number of hydrogen-bond donors (Lipinski definition) is 3. The summed E-state index contributed by atoms with van der Waals surface area (Å²) in [7, 11) is 0. The van der Waals surface area contributed by atoms with Crippen molar-refractivity contribution in [3.8, 4) is 11.5 Å². The number of anilines is 1. The van der Waals surface area contributed by atoms with Crippen molar-refractivity contribution in [2.75, 3.05) is 5.32 Å². The minimum atomic E-state index is -0.605. The number of carbonyl (C=O) groups is 2. The van der Waals surface area contributed by atoms with Gasteiger partial charge in [-0.05, 0) is 62.7 Å². The van der Waals surface area contributed by atoms with E-state index >= 15 is 0 Å². The van der Waals surface area contributed by atoms with Gasteiger partial charge in [0.05, 0.1) is 6.04 Å². The van der Waals surface area contributed by atoms with Gasteiger partial charge in [0.2, 0.25) is 0 Å². The van der Waals surface area contributed by atoms with Crippen LogP contribution in [-0.4, -0.2) is 27.6 Å². The minimum absolute atomic E-state index is 0.130. The number of amides is 2. The van der Waals surface area contributed by atoms with Crippen LogP contribution in [0.1, 0.15) is 53.9 Å². The average molecular weight is 626 g/mol. The topological polar surface area (TPSA) is 122 Å². The number of thioether (sulfide) groups is 1. The number of rotatable bonds is 6. The highest BCUT2D eigenvalue weighted by atomic mass is 35.5. The number of fused-ring (bicyclic) bond motifs is 2. The molecule has 0 fully saturated rings. The molecular formula is C30H26Cl2N4O5S. The van der Waals surface area contributed by atoms with Crippen LogP contribution < -0.4 is 20.9 Å². The third-order valence-corrected chi connectivity index (χ3v) is 7.49. The second-order valence-corrected chi connectivity index (χ2v) is 12.3. The number of H-pyrrole nitrogens is 1. The minimum Gasteiger partial charge on any atom is -0.456 e. The lowest BCUT2D eigenvalue weighted by Gasteiger charge is -2.29. The molecule has 2 heterocycles. The molecule has 0 unspecified atom stereocenters. The van der Waals surface area contributed by atoms with E-state index in [4.69, 9.17) is 32.7 Å². The number of aromatic nitrogens is 2. The summed E-state index contributed by atoms with van der Waals surface area (Å²) in [5.41, 5.74) is 1.62. The van der Waals surface area contributed by atoms with E-state index in [9.17, 15) is 14.4 Å². The van der Waals surface area contributed by atoms with Gasteiger partial charge in [0.1, 0.15) is 22.7 Å². The van der Waals surface area contributed by atoms with Crippen molar-refractivity contribution in [3.63, 3.8) is 0 Å². The highest BCUT2D eigenvalue weighted by Crippen LogP contribution is 2.44. The molecule has 0 atom stereocenters. The third kappa shape index (κ3) is 7.07. The number of carbonyl (C=O) groups excluding carboxylic acids is 2. The summed E-state index contributed by atoms with van der Waals surface area (Å²) in [4.78, 5) is 45.1. The van der Waals surface area contributed by atoms with E-state index in [0.29, 0.717) is 49.3 Å². The van der Waals surface area contributed by atoms with Crippen molar-refractivity contribution in [1.29, 1.82) is 0 Å². The molecular weight excluding hydrogens is 599 g/mol. The maximum Gasteiger partial charge on any atom is 0.412 e. The van der Waals surface area contributed by atoms with Gasteiger partial charge < -0.3 is 19.8 Å². The van der Waals surface area contributed by atoms with Crippen LogP contribution in [0, 0.1) is 0 Å². The zero-order chi connectivity index (χ0) is 30.0. The first-order chi connectivity index (χ1) is 19.9. The molecule has 12 heteroatoms. The third-order valence-electron chi connectivity index (χ3n) is 6.06. The zero-order valence-corrected chi connectivity index (χ0v) is 25.1. The number of aromatic amines is 1. The second kappa shape index (κ2) is 12.1. The van der Waals surface area contributed by atoms with E-state index in [2.05, 4.69) is 20.6 Å². The molecule has 0 bridgehead atoms. The molecule has 1 aromatic heterocycles. The summed E-state index contributed by atoms with van der Waals surface area (Å²) < 4.78 is 11.2. The second-order valence-electron chi connectivity index (χ2n) is 10.4. The Morgan fingerprint density at radius 1 is 1.00 bits per heavy atom. The van der Waals surface area contributed by atoms with Crippen molar-refractivity contribution in [2.45, 2.75) is 43.3 Å². The van der Waals surface area contributed by atoms with Crippen LogP contribution in [0.25, 0.3) is 0 Å².